The molecule has 2 amide bonds. The number of aryl methyl sites for hydroxylation is 2. The molecule has 0 bridgehead atoms. The van der Waals surface area contributed by atoms with Gasteiger partial charge < -0.3 is 10.6 Å². The summed E-state index contributed by atoms with van der Waals surface area (Å²) in [6.45, 7) is 2.40. The van der Waals surface area contributed by atoms with Crippen LogP contribution in [0.5, 0.6) is 0 Å². The highest BCUT2D eigenvalue weighted by Gasteiger charge is 2.32. The number of hydrogen-bond acceptors (Lipinski definition) is 3. The number of H-pyrrole nitrogens is 1. The van der Waals surface area contributed by atoms with Gasteiger partial charge in [0.25, 0.3) is 0 Å². The van der Waals surface area contributed by atoms with E-state index in [1.165, 1.54) is 11.3 Å². The van der Waals surface area contributed by atoms with Gasteiger partial charge in [-0.25, -0.2) is 0 Å². The molecule has 1 aromatic carbocycles. The van der Waals surface area contributed by atoms with Gasteiger partial charge in [-0.05, 0) is 43.4 Å². The highest BCUT2D eigenvalue weighted by atomic mass is 16.2. The van der Waals surface area contributed by atoms with Crippen molar-refractivity contribution in [3.05, 3.63) is 46.3 Å². The Kier molecular flexibility index (Phi) is 3.59. The van der Waals surface area contributed by atoms with E-state index in [0.717, 1.165) is 41.8 Å². The first kappa shape index (κ1) is 14.9. The third-order valence-corrected chi connectivity index (χ3v) is 4.89. The minimum absolute atomic E-state index is 0.105. The molecule has 1 aromatic heterocycles. The second kappa shape index (κ2) is 5.78. The molecule has 6 nitrogen and oxygen atoms in total. The van der Waals surface area contributed by atoms with Crippen LogP contribution in [0.15, 0.2) is 18.2 Å². The molecule has 0 radical (unpaired) electrons. The monoisotopic (exact) mass is 324 g/mol. The zero-order valence-corrected chi connectivity index (χ0v) is 13.6. The van der Waals surface area contributed by atoms with Crippen LogP contribution >= 0.6 is 0 Å². The van der Waals surface area contributed by atoms with E-state index in [4.69, 9.17) is 0 Å². The number of carbonyl (C=O) groups is 2. The molecule has 1 aliphatic heterocycles. The second-order valence-corrected chi connectivity index (χ2v) is 6.59. The Balaban J connectivity index is 1.41. The summed E-state index contributed by atoms with van der Waals surface area (Å²) in [4.78, 5) is 24.5. The Hall–Kier alpha value is -2.63. The van der Waals surface area contributed by atoms with Gasteiger partial charge >= 0.3 is 0 Å². The van der Waals surface area contributed by atoms with Crippen LogP contribution in [0.4, 0.5) is 5.69 Å². The number of anilines is 1. The molecule has 2 aromatic rings. The Morgan fingerprint density at radius 3 is 3.12 bits per heavy atom. The predicted octanol–water partition coefficient (Wildman–Crippen LogP) is 1.95. The normalized spacial score (nSPS) is 18.2. The quantitative estimate of drug-likeness (QED) is 0.803. The van der Waals surface area contributed by atoms with Gasteiger partial charge in [-0.2, -0.15) is 5.10 Å². The number of aromatic amines is 1. The maximum absolute atomic E-state index is 12.3. The number of nitrogens with zero attached hydrogens (tertiary/aromatic N) is 1. The molecule has 3 N–H and O–H groups in total. The number of benzene rings is 1. The zero-order chi connectivity index (χ0) is 16.7. The SMILES string of the molecule is Cc1ccc2c(c1)[C@H](CC(=O)NCc1n[nH]c3c1CCC3)C(=O)N2. The molecule has 0 unspecified atom stereocenters. The van der Waals surface area contributed by atoms with E-state index in [0.29, 0.717) is 6.54 Å². The van der Waals surface area contributed by atoms with E-state index in [1.54, 1.807) is 0 Å². The van der Waals surface area contributed by atoms with Crippen molar-refractivity contribution in [1.82, 2.24) is 15.5 Å². The summed E-state index contributed by atoms with van der Waals surface area (Å²) in [5.74, 6) is -0.643. The molecule has 0 saturated carbocycles. The largest absolute Gasteiger partial charge is 0.350 e. The summed E-state index contributed by atoms with van der Waals surface area (Å²) in [6, 6.07) is 5.83. The maximum atomic E-state index is 12.3. The van der Waals surface area contributed by atoms with Crippen molar-refractivity contribution in [2.24, 2.45) is 0 Å². The van der Waals surface area contributed by atoms with Crippen LogP contribution < -0.4 is 10.6 Å². The summed E-state index contributed by atoms with van der Waals surface area (Å²) in [5.41, 5.74) is 6.17. The molecule has 4 rings (SSSR count). The van der Waals surface area contributed by atoms with Crippen molar-refractivity contribution in [1.29, 1.82) is 0 Å². The number of nitrogens with one attached hydrogen (secondary N) is 3. The molecule has 2 heterocycles. The van der Waals surface area contributed by atoms with Crippen molar-refractivity contribution >= 4 is 17.5 Å². The van der Waals surface area contributed by atoms with Gasteiger partial charge in [-0.1, -0.05) is 17.7 Å². The van der Waals surface area contributed by atoms with Crippen LogP contribution in [-0.2, 0) is 29.0 Å². The first-order valence-electron chi connectivity index (χ1n) is 8.35. The lowest BCUT2D eigenvalue weighted by Crippen LogP contribution is -2.27. The van der Waals surface area contributed by atoms with Gasteiger partial charge in [0.05, 0.1) is 18.2 Å². The van der Waals surface area contributed by atoms with Gasteiger partial charge in [0.15, 0.2) is 0 Å². The Morgan fingerprint density at radius 2 is 2.25 bits per heavy atom. The van der Waals surface area contributed by atoms with E-state index in [9.17, 15) is 9.59 Å². The second-order valence-electron chi connectivity index (χ2n) is 6.59. The number of rotatable bonds is 4. The molecule has 1 aliphatic carbocycles. The Morgan fingerprint density at radius 1 is 1.38 bits per heavy atom. The molecule has 6 heteroatoms. The molecule has 0 fully saturated rings. The highest BCUT2D eigenvalue weighted by molar-refractivity contribution is 6.05. The standard InChI is InChI=1S/C18H20N4O2/c1-10-5-6-14-12(7-10)13(18(24)20-14)8-17(23)19-9-16-11-3-2-4-15(11)21-22-16/h5-7,13H,2-4,8-9H2,1H3,(H,19,23)(H,20,24)(H,21,22)/t13-/m0/s1. The van der Waals surface area contributed by atoms with Crippen molar-refractivity contribution in [2.45, 2.75) is 45.1 Å². The summed E-state index contributed by atoms with van der Waals surface area (Å²) in [7, 11) is 0. The van der Waals surface area contributed by atoms with Crippen LogP contribution in [-0.4, -0.2) is 22.0 Å². The van der Waals surface area contributed by atoms with Crippen molar-refractivity contribution in [3.8, 4) is 0 Å². The van der Waals surface area contributed by atoms with Gasteiger partial charge in [0.1, 0.15) is 0 Å². The fraction of sp³-hybridized carbons (Fsp3) is 0.389. The van der Waals surface area contributed by atoms with E-state index in [2.05, 4.69) is 20.8 Å². The van der Waals surface area contributed by atoms with E-state index < -0.39 is 5.92 Å². The molecule has 2 aliphatic rings. The third-order valence-electron chi connectivity index (χ3n) is 4.89. The smallest absolute Gasteiger partial charge is 0.232 e. The molecule has 124 valence electrons. The van der Waals surface area contributed by atoms with Crippen LogP contribution in [0.2, 0.25) is 0 Å². The molecule has 0 spiro atoms. The molecular formula is C18H20N4O2. The van der Waals surface area contributed by atoms with Gasteiger partial charge in [-0.15, -0.1) is 0 Å². The van der Waals surface area contributed by atoms with Crippen molar-refractivity contribution in [3.63, 3.8) is 0 Å². The van der Waals surface area contributed by atoms with Crippen LogP contribution in [0.1, 0.15) is 46.8 Å². The number of fused-ring (bicyclic) bond motifs is 2. The fourth-order valence-electron chi connectivity index (χ4n) is 3.62. The van der Waals surface area contributed by atoms with E-state index in [-0.39, 0.29) is 18.2 Å². The lowest BCUT2D eigenvalue weighted by Gasteiger charge is -2.10. The third kappa shape index (κ3) is 2.58. The minimum Gasteiger partial charge on any atom is -0.350 e. The number of hydrogen-bond donors (Lipinski definition) is 3. The summed E-state index contributed by atoms with van der Waals surface area (Å²) in [6.07, 6.45) is 3.36. The van der Waals surface area contributed by atoms with E-state index >= 15 is 0 Å². The van der Waals surface area contributed by atoms with Crippen LogP contribution in [0, 0.1) is 6.92 Å². The summed E-state index contributed by atoms with van der Waals surface area (Å²) in [5, 5.41) is 13.1. The van der Waals surface area contributed by atoms with Crippen molar-refractivity contribution < 1.29 is 9.59 Å². The first-order valence-corrected chi connectivity index (χ1v) is 8.35. The van der Waals surface area contributed by atoms with Gasteiger partial charge in [0, 0.05) is 17.8 Å². The first-order chi connectivity index (χ1) is 11.6. The number of aromatic nitrogens is 2. The Labute approximate surface area is 140 Å². The average Bonchev–Trinajstić information content (AvgIpc) is 3.22. The van der Waals surface area contributed by atoms with Crippen molar-refractivity contribution in [2.75, 3.05) is 5.32 Å². The molecule has 24 heavy (non-hydrogen) atoms. The van der Waals surface area contributed by atoms with Crippen LogP contribution in [0.25, 0.3) is 0 Å². The van der Waals surface area contributed by atoms with Gasteiger partial charge in [-0.3, -0.25) is 14.7 Å². The minimum atomic E-state index is -0.412. The lowest BCUT2D eigenvalue weighted by molar-refractivity contribution is -0.125. The van der Waals surface area contributed by atoms with E-state index in [1.807, 2.05) is 25.1 Å². The van der Waals surface area contributed by atoms with Gasteiger partial charge in [0.2, 0.25) is 11.8 Å². The predicted molar refractivity (Wildman–Crippen MR) is 89.6 cm³/mol. The number of carbonyl (C=O) groups excluding carboxylic acids is 2. The summed E-state index contributed by atoms with van der Waals surface area (Å²) < 4.78 is 0. The lowest BCUT2D eigenvalue weighted by atomic mass is 9.95. The molecule has 1 atom stereocenters. The fourth-order valence-corrected chi connectivity index (χ4v) is 3.62. The number of amides is 2. The highest BCUT2D eigenvalue weighted by Crippen LogP contribution is 2.35. The van der Waals surface area contributed by atoms with Crippen LogP contribution in [0.3, 0.4) is 0 Å². The summed E-state index contributed by atoms with van der Waals surface area (Å²) >= 11 is 0. The molecule has 0 saturated heterocycles. The topological polar surface area (TPSA) is 86.9 Å². The molecular weight excluding hydrogens is 304 g/mol. The average molecular weight is 324 g/mol. The maximum Gasteiger partial charge on any atom is 0.232 e. The Bertz CT molecular complexity index is 824. The zero-order valence-electron chi connectivity index (χ0n) is 13.6.